The van der Waals surface area contributed by atoms with E-state index in [1.807, 2.05) is 12.1 Å². The zero-order chi connectivity index (χ0) is 20.1. The van der Waals surface area contributed by atoms with Crippen LogP contribution in [0.15, 0.2) is 48.7 Å². The van der Waals surface area contributed by atoms with Crippen molar-refractivity contribution in [2.45, 2.75) is 26.3 Å². The number of amides is 1. The molecule has 1 N–H and O–H groups in total. The Bertz CT molecular complexity index is 976. The first-order chi connectivity index (χ1) is 14.2. The number of carbonyl (C=O) groups is 1. The molecule has 6 nitrogen and oxygen atoms in total. The average Bonchev–Trinajstić information content (AvgIpc) is 3.08. The number of pyridine rings is 1. The van der Waals surface area contributed by atoms with Crippen LogP contribution in [0.3, 0.4) is 0 Å². The maximum atomic E-state index is 12.6. The van der Waals surface area contributed by atoms with Crippen molar-refractivity contribution in [3.8, 4) is 5.88 Å². The van der Waals surface area contributed by atoms with Crippen LogP contribution in [0, 0.1) is 12.8 Å². The monoisotopic (exact) mass is 393 g/mol. The van der Waals surface area contributed by atoms with E-state index < -0.39 is 0 Å². The van der Waals surface area contributed by atoms with Crippen LogP contribution in [0.25, 0.3) is 10.9 Å². The van der Waals surface area contributed by atoms with Gasteiger partial charge in [0.15, 0.2) is 0 Å². The quantitative estimate of drug-likeness (QED) is 0.666. The lowest BCUT2D eigenvalue weighted by molar-refractivity contribution is 0.0490. The Kier molecular flexibility index (Phi) is 6.10. The molecule has 1 fully saturated rings. The van der Waals surface area contributed by atoms with Crippen LogP contribution in [0.4, 0.5) is 0 Å². The number of carbonyl (C=O) groups excluding carboxylic acids is 1. The third kappa shape index (κ3) is 4.77. The highest BCUT2D eigenvalue weighted by molar-refractivity contribution is 5.94. The van der Waals surface area contributed by atoms with E-state index in [0.29, 0.717) is 30.5 Å². The first kappa shape index (κ1) is 19.5. The van der Waals surface area contributed by atoms with Crippen LogP contribution in [-0.4, -0.2) is 41.8 Å². The van der Waals surface area contributed by atoms with Gasteiger partial charge in [-0.3, -0.25) is 4.79 Å². The fraction of sp³-hybridized carbons (Fsp3) is 0.391. The standard InChI is InChI=1S/C23H27N3O3/c1-17-14-19-4-2-3-5-21(19)26(17)11-10-25-23(27)20-6-9-24-22(15-20)29-16-18-7-12-28-13-8-18/h2-6,9,14-15,18H,7-8,10-13,16H2,1H3,(H,25,27). The zero-order valence-electron chi connectivity index (χ0n) is 16.8. The van der Waals surface area contributed by atoms with Gasteiger partial charge in [-0.15, -0.1) is 0 Å². The molecule has 1 aliphatic rings. The lowest BCUT2D eigenvalue weighted by Gasteiger charge is -2.21. The number of ether oxygens (including phenoxy) is 2. The number of nitrogens with one attached hydrogen (secondary N) is 1. The summed E-state index contributed by atoms with van der Waals surface area (Å²) in [4.78, 5) is 16.8. The number of hydrogen-bond acceptors (Lipinski definition) is 4. The number of nitrogens with zero attached hydrogens (tertiary/aromatic N) is 2. The number of rotatable bonds is 7. The van der Waals surface area contributed by atoms with E-state index in [2.05, 4.69) is 40.0 Å². The van der Waals surface area contributed by atoms with Crippen molar-refractivity contribution < 1.29 is 14.3 Å². The minimum atomic E-state index is -0.113. The van der Waals surface area contributed by atoms with Crippen LogP contribution in [0.5, 0.6) is 5.88 Å². The van der Waals surface area contributed by atoms with Crippen molar-refractivity contribution in [3.05, 3.63) is 59.9 Å². The molecule has 0 spiro atoms. The highest BCUT2D eigenvalue weighted by Gasteiger charge is 2.15. The summed E-state index contributed by atoms with van der Waals surface area (Å²) in [5.41, 5.74) is 2.94. The summed E-state index contributed by atoms with van der Waals surface area (Å²) in [6.07, 6.45) is 3.64. The zero-order valence-corrected chi connectivity index (χ0v) is 16.8. The van der Waals surface area contributed by atoms with Gasteiger partial charge in [0.05, 0.1) is 6.61 Å². The molecule has 6 heteroatoms. The second-order valence-electron chi connectivity index (χ2n) is 7.50. The predicted molar refractivity (Wildman–Crippen MR) is 112 cm³/mol. The Hall–Kier alpha value is -2.86. The van der Waals surface area contributed by atoms with Crippen LogP contribution < -0.4 is 10.1 Å². The number of aryl methyl sites for hydroxylation is 1. The summed E-state index contributed by atoms with van der Waals surface area (Å²) >= 11 is 0. The van der Waals surface area contributed by atoms with Gasteiger partial charge in [-0.05, 0) is 49.3 Å². The fourth-order valence-corrected chi connectivity index (χ4v) is 3.77. The molecular formula is C23H27N3O3. The first-order valence-electron chi connectivity index (χ1n) is 10.2. The number of fused-ring (bicyclic) bond motifs is 1. The number of aromatic nitrogens is 2. The molecule has 1 aromatic carbocycles. The Labute approximate surface area is 170 Å². The van der Waals surface area contributed by atoms with Crippen molar-refractivity contribution in [1.29, 1.82) is 0 Å². The van der Waals surface area contributed by atoms with Crippen molar-refractivity contribution in [3.63, 3.8) is 0 Å². The van der Waals surface area contributed by atoms with E-state index in [0.717, 1.165) is 32.6 Å². The van der Waals surface area contributed by atoms with E-state index in [1.165, 1.54) is 16.6 Å². The highest BCUT2D eigenvalue weighted by atomic mass is 16.5. The minimum absolute atomic E-state index is 0.113. The number of para-hydroxylation sites is 1. The Morgan fingerprint density at radius 1 is 1.24 bits per heavy atom. The van der Waals surface area contributed by atoms with Crippen molar-refractivity contribution in [2.24, 2.45) is 5.92 Å². The topological polar surface area (TPSA) is 65.4 Å². The molecule has 0 bridgehead atoms. The largest absolute Gasteiger partial charge is 0.477 e. The van der Waals surface area contributed by atoms with E-state index in [1.54, 1.807) is 18.3 Å². The molecule has 29 heavy (non-hydrogen) atoms. The average molecular weight is 393 g/mol. The van der Waals surface area contributed by atoms with Crippen LogP contribution in [0.1, 0.15) is 28.9 Å². The predicted octanol–water partition coefficient (Wildman–Crippen LogP) is 3.58. The SMILES string of the molecule is Cc1cc2ccccc2n1CCNC(=O)c1ccnc(OCC2CCOCC2)c1. The molecule has 1 amide bonds. The molecule has 0 radical (unpaired) electrons. The first-order valence-corrected chi connectivity index (χ1v) is 10.2. The maximum Gasteiger partial charge on any atom is 0.251 e. The fourth-order valence-electron chi connectivity index (χ4n) is 3.77. The summed E-state index contributed by atoms with van der Waals surface area (Å²) in [5, 5.41) is 4.22. The van der Waals surface area contributed by atoms with Gasteiger partial charge in [-0.1, -0.05) is 18.2 Å². The van der Waals surface area contributed by atoms with Gasteiger partial charge in [-0.25, -0.2) is 4.98 Å². The lowest BCUT2D eigenvalue weighted by Crippen LogP contribution is -2.27. The lowest BCUT2D eigenvalue weighted by atomic mass is 10.0. The molecule has 1 aliphatic heterocycles. The molecule has 2 aromatic heterocycles. The van der Waals surface area contributed by atoms with Gasteiger partial charge in [0.2, 0.25) is 5.88 Å². The molecule has 3 aromatic rings. The molecule has 0 unspecified atom stereocenters. The molecule has 3 heterocycles. The second kappa shape index (κ2) is 9.09. The highest BCUT2D eigenvalue weighted by Crippen LogP contribution is 2.19. The van der Waals surface area contributed by atoms with Gasteiger partial charge >= 0.3 is 0 Å². The minimum Gasteiger partial charge on any atom is -0.477 e. The summed E-state index contributed by atoms with van der Waals surface area (Å²) in [6.45, 7) is 5.57. The summed E-state index contributed by atoms with van der Waals surface area (Å²) in [7, 11) is 0. The number of hydrogen-bond donors (Lipinski definition) is 1. The molecule has 152 valence electrons. The van der Waals surface area contributed by atoms with Crippen LogP contribution in [-0.2, 0) is 11.3 Å². The van der Waals surface area contributed by atoms with Gasteiger partial charge in [0.25, 0.3) is 5.91 Å². The third-order valence-corrected chi connectivity index (χ3v) is 5.44. The summed E-state index contributed by atoms with van der Waals surface area (Å²) in [6, 6.07) is 13.9. The van der Waals surface area contributed by atoms with Crippen LogP contribution >= 0.6 is 0 Å². The molecule has 0 saturated carbocycles. The van der Waals surface area contributed by atoms with E-state index in [4.69, 9.17) is 9.47 Å². The summed E-state index contributed by atoms with van der Waals surface area (Å²) in [5.74, 6) is 0.872. The smallest absolute Gasteiger partial charge is 0.251 e. The van der Waals surface area contributed by atoms with Crippen molar-refractivity contribution in [2.75, 3.05) is 26.4 Å². The van der Waals surface area contributed by atoms with E-state index in [-0.39, 0.29) is 5.91 Å². The molecule has 1 saturated heterocycles. The number of benzene rings is 1. The molecule has 0 atom stereocenters. The van der Waals surface area contributed by atoms with Gasteiger partial charge in [0, 0.05) is 55.3 Å². The van der Waals surface area contributed by atoms with Gasteiger partial charge in [-0.2, -0.15) is 0 Å². The van der Waals surface area contributed by atoms with Crippen molar-refractivity contribution in [1.82, 2.24) is 14.9 Å². The van der Waals surface area contributed by atoms with E-state index in [9.17, 15) is 4.79 Å². The van der Waals surface area contributed by atoms with Gasteiger partial charge in [0.1, 0.15) is 0 Å². The van der Waals surface area contributed by atoms with Crippen LogP contribution in [0.2, 0.25) is 0 Å². The third-order valence-electron chi connectivity index (χ3n) is 5.44. The molecule has 0 aliphatic carbocycles. The van der Waals surface area contributed by atoms with E-state index >= 15 is 0 Å². The Morgan fingerprint density at radius 3 is 2.93 bits per heavy atom. The van der Waals surface area contributed by atoms with Crippen molar-refractivity contribution >= 4 is 16.8 Å². The molecular weight excluding hydrogens is 366 g/mol. The maximum absolute atomic E-state index is 12.6. The Balaban J connectivity index is 1.32. The molecule has 4 rings (SSSR count). The Morgan fingerprint density at radius 2 is 2.07 bits per heavy atom. The second-order valence-corrected chi connectivity index (χ2v) is 7.50. The van der Waals surface area contributed by atoms with Gasteiger partial charge < -0.3 is 19.4 Å². The normalized spacial score (nSPS) is 14.8. The summed E-state index contributed by atoms with van der Waals surface area (Å²) < 4.78 is 13.4.